The maximum absolute atomic E-state index is 13.9. The Kier molecular flexibility index (Phi) is 4.67. The molecule has 5 nitrogen and oxygen atoms in total. The Balaban J connectivity index is 1.50. The van der Waals surface area contributed by atoms with Gasteiger partial charge in [-0.1, -0.05) is 0 Å². The van der Waals surface area contributed by atoms with Crippen LogP contribution < -0.4 is 0 Å². The second kappa shape index (κ2) is 7.00. The van der Waals surface area contributed by atoms with Gasteiger partial charge in [-0.3, -0.25) is 0 Å². The zero-order chi connectivity index (χ0) is 23.0. The van der Waals surface area contributed by atoms with E-state index in [-0.39, 0.29) is 24.3 Å². The van der Waals surface area contributed by atoms with Crippen molar-refractivity contribution in [2.45, 2.75) is 48.8 Å². The summed E-state index contributed by atoms with van der Waals surface area (Å²) >= 11 is 0. The summed E-state index contributed by atoms with van der Waals surface area (Å²) < 4.78 is 67.8. The highest BCUT2D eigenvalue weighted by molar-refractivity contribution is 5.85. The van der Waals surface area contributed by atoms with Crippen molar-refractivity contribution in [2.24, 2.45) is 0 Å². The minimum absolute atomic E-state index is 0.0900. The van der Waals surface area contributed by atoms with Gasteiger partial charge >= 0.3 is 5.97 Å². The first-order chi connectivity index (χ1) is 15.0. The number of hydrogen-bond donors (Lipinski definition) is 1. The smallest absolute Gasteiger partial charge is 0.347 e. The van der Waals surface area contributed by atoms with Crippen LogP contribution in [0.25, 0.3) is 0 Å². The summed E-state index contributed by atoms with van der Waals surface area (Å²) in [4.78, 5) is 13.3. The number of esters is 1. The number of morpholine rings is 1. The number of carbonyl (C=O) groups excluding carboxylic acids is 1. The lowest BCUT2D eigenvalue weighted by atomic mass is 9.85. The molecule has 3 heterocycles. The van der Waals surface area contributed by atoms with Gasteiger partial charge in [0.25, 0.3) is 0 Å². The molecule has 0 aromatic heterocycles. The molecule has 32 heavy (non-hydrogen) atoms. The molecule has 170 valence electrons. The van der Waals surface area contributed by atoms with Crippen molar-refractivity contribution in [1.82, 2.24) is 0 Å². The van der Waals surface area contributed by atoms with Crippen LogP contribution in [0.4, 0.5) is 17.6 Å². The average Bonchev–Trinajstić information content (AvgIpc) is 3.44. The number of epoxide rings is 1. The van der Waals surface area contributed by atoms with Gasteiger partial charge in [0.2, 0.25) is 5.60 Å². The van der Waals surface area contributed by atoms with Crippen molar-refractivity contribution in [3.05, 3.63) is 70.8 Å². The van der Waals surface area contributed by atoms with Crippen LogP contribution in [0.5, 0.6) is 0 Å². The van der Waals surface area contributed by atoms with Crippen molar-refractivity contribution in [3.8, 4) is 0 Å². The van der Waals surface area contributed by atoms with Crippen molar-refractivity contribution >= 4 is 5.97 Å². The fourth-order valence-electron chi connectivity index (χ4n) is 5.47. The highest BCUT2D eigenvalue weighted by atomic mass is 19.1. The molecule has 3 aliphatic rings. The van der Waals surface area contributed by atoms with Crippen LogP contribution in [-0.4, -0.2) is 60.0 Å². The first-order valence-electron chi connectivity index (χ1n) is 10.4. The molecule has 3 unspecified atom stereocenters. The number of piperidine rings is 1. The topological polar surface area (TPSA) is 59.1 Å². The molecule has 3 saturated heterocycles. The van der Waals surface area contributed by atoms with E-state index in [0.717, 1.165) is 28.7 Å². The molecular formula is C23H22F4NO4+. The van der Waals surface area contributed by atoms with E-state index >= 15 is 0 Å². The van der Waals surface area contributed by atoms with Crippen LogP contribution in [0.2, 0.25) is 0 Å². The number of halogens is 4. The summed E-state index contributed by atoms with van der Waals surface area (Å²) in [6.45, 7) is 0. The minimum atomic E-state index is -2.81. The molecule has 2 aromatic carbocycles. The van der Waals surface area contributed by atoms with Gasteiger partial charge in [0.05, 0.1) is 14.1 Å². The Morgan fingerprint density at radius 2 is 1.31 bits per heavy atom. The number of carbonyl (C=O) groups is 1. The zero-order valence-electron chi connectivity index (χ0n) is 17.4. The van der Waals surface area contributed by atoms with E-state index in [1.165, 1.54) is 0 Å². The summed E-state index contributed by atoms with van der Waals surface area (Å²) in [6, 6.07) is 4.27. The van der Waals surface area contributed by atoms with Crippen LogP contribution in [0.1, 0.15) is 24.0 Å². The molecule has 5 atom stereocenters. The summed E-state index contributed by atoms with van der Waals surface area (Å²) in [5.74, 6) is -5.49. The second-order valence-electron chi connectivity index (χ2n) is 9.35. The quantitative estimate of drug-likeness (QED) is 0.336. The number of aliphatic hydroxyl groups is 1. The number of quaternary nitrogens is 1. The van der Waals surface area contributed by atoms with Crippen molar-refractivity contribution < 1.29 is 41.4 Å². The lowest BCUT2D eigenvalue weighted by Crippen LogP contribution is -2.60. The molecule has 2 aromatic rings. The molecule has 2 bridgehead atoms. The van der Waals surface area contributed by atoms with Gasteiger partial charge in [0.1, 0.15) is 53.7 Å². The predicted molar refractivity (Wildman–Crippen MR) is 103 cm³/mol. The summed E-state index contributed by atoms with van der Waals surface area (Å²) in [5.41, 5.74) is -3.86. The van der Waals surface area contributed by atoms with Gasteiger partial charge in [-0.25, -0.2) is 22.4 Å². The number of benzene rings is 2. The molecule has 0 saturated carbocycles. The highest BCUT2D eigenvalue weighted by Crippen LogP contribution is 2.52. The largest absolute Gasteiger partial charge is 0.459 e. The Hall–Kier alpha value is -2.49. The second-order valence-corrected chi connectivity index (χ2v) is 9.35. The molecule has 0 radical (unpaired) electrons. The van der Waals surface area contributed by atoms with Crippen LogP contribution in [0.3, 0.4) is 0 Å². The lowest BCUT2D eigenvalue weighted by molar-refractivity contribution is -0.938. The van der Waals surface area contributed by atoms with E-state index in [1.807, 2.05) is 0 Å². The third-order valence-corrected chi connectivity index (χ3v) is 7.17. The summed E-state index contributed by atoms with van der Waals surface area (Å²) in [6.07, 6.45) is 0.547. The molecule has 3 fully saturated rings. The molecule has 5 rings (SSSR count). The minimum Gasteiger partial charge on any atom is -0.459 e. The molecule has 1 N–H and O–H groups in total. The first-order valence-corrected chi connectivity index (χ1v) is 10.4. The van der Waals surface area contributed by atoms with Crippen LogP contribution >= 0.6 is 0 Å². The molecule has 3 aliphatic heterocycles. The van der Waals surface area contributed by atoms with Crippen LogP contribution in [0.15, 0.2) is 36.4 Å². The van der Waals surface area contributed by atoms with Crippen molar-refractivity contribution in [3.63, 3.8) is 0 Å². The van der Waals surface area contributed by atoms with E-state index < -0.39 is 52.1 Å². The Morgan fingerprint density at radius 1 is 0.906 bits per heavy atom. The summed E-state index contributed by atoms with van der Waals surface area (Å²) in [7, 11) is 4.18. The van der Waals surface area contributed by atoms with Gasteiger partial charge in [0.15, 0.2) is 0 Å². The van der Waals surface area contributed by atoms with Crippen LogP contribution in [-0.2, 0) is 19.9 Å². The summed E-state index contributed by atoms with van der Waals surface area (Å²) in [5, 5.41) is 11.4. The van der Waals surface area contributed by atoms with Gasteiger partial charge in [-0.05, 0) is 24.3 Å². The maximum atomic E-state index is 13.9. The van der Waals surface area contributed by atoms with E-state index in [4.69, 9.17) is 9.47 Å². The van der Waals surface area contributed by atoms with E-state index in [0.29, 0.717) is 25.0 Å². The lowest BCUT2D eigenvalue weighted by Gasteiger charge is -2.45. The molecular weight excluding hydrogens is 430 g/mol. The van der Waals surface area contributed by atoms with Gasteiger partial charge in [-0.2, -0.15) is 0 Å². The Labute approximate surface area is 181 Å². The zero-order valence-corrected chi connectivity index (χ0v) is 17.4. The van der Waals surface area contributed by atoms with E-state index in [2.05, 4.69) is 14.1 Å². The molecule has 0 amide bonds. The standard InChI is InChI=1S/C23H22F4NO4/c1-28(2)18-9-17(10-19(28)21-20(18)32-21)31-22(29)23(30,11-3-13(24)7-14(25)4-11)12-5-15(26)8-16(27)6-12/h3-8,17-21,30H,9-10H2,1-2H3/q+1/t17?,18-,19?,20-,21?/m0/s1. The van der Waals surface area contributed by atoms with E-state index in [1.54, 1.807) is 0 Å². The normalized spacial score (nSPS) is 30.0. The van der Waals surface area contributed by atoms with Crippen molar-refractivity contribution in [2.75, 3.05) is 14.1 Å². The maximum Gasteiger partial charge on any atom is 0.347 e. The number of rotatable bonds is 4. The average molecular weight is 452 g/mol. The molecule has 0 spiro atoms. The molecule has 0 aliphatic carbocycles. The van der Waals surface area contributed by atoms with Gasteiger partial charge in [-0.15, -0.1) is 0 Å². The number of nitrogens with zero attached hydrogens (tertiary/aromatic N) is 1. The monoisotopic (exact) mass is 452 g/mol. The fraction of sp³-hybridized carbons (Fsp3) is 0.435. The van der Waals surface area contributed by atoms with Crippen LogP contribution in [0, 0.1) is 23.3 Å². The number of fused-ring (bicyclic) bond motifs is 5. The third-order valence-electron chi connectivity index (χ3n) is 7.17. The fourth-order valence-corrected chi connectivity index (χ4v) is 5.47. The molecule has 9 heteroatoms. The third kappa shape index (κ3) is 3.22. The Bertz CT molecular complexity index is 995. The first kappa shape index (κ1) is 21.4. The number of hydrogen-bond acceptors (Lipinski definition) is 4. The highest BCUT2D eigenvalue weighted by Gasteiger charge is 2.71. The number of ether oxygens (including phenoxy) is 2. The Morgan fingerprint density at radius 3 is 1.72 bits per heavy atom. The van der Waals surface area contributed by atoms with Gasteiger partial charge < -0.3 is 19.1 Å². The van der Waals surface area contributed by atoms with Gasteiger partial charge in [0, 0.05) is 36.1 Å². The van der Waals surface area contributed by atoms with Crippen molar-refractivity contribution in [1.29, 1.82) is 0 Å². The predicted octanol–water partition coefficient (Wildman–Crippen LogP) is 2.78. The number of likely N-dealkylation sites (N-methyl/N-ethyl adjacent to an activating group) is 1. The SMILES string of the molecule is C[N+]1(C)C2CC(OC(=O)C(O)(c3cc(F)cc(F)c3)c3cc(F)cc(F)c3)C[C@H]1[C@@H]1OC21. The van der Waals surface area contributed by atoms with E-state index in [9.17, 15) is 27.5 Å².